The van der Waals surface area contributed by atoms with Crippen LogP contribution in [0, 0.1) is 19.7 Å². The van der Waals surface area contributed by atoms with Crippen LogP contribution in [0.15, 0.2) is 41.6 Å². The molecule has 0 atom stereocenters. The summed E-state index contributed by atoms with van der Waals surface area (Å²) in [6.45, 7) is 1.67. The Morgan fingerprint density at radius 3 is 2.31 bits per heavy atom. The lowest BCUT2D eigenvalue weighted by Crippen LogP contribution is -2.51. The molecule has 2 nitrogen and oxygen atoms in total. The van der Waals surface area contributed by atoms with Crippen LogP contribution in [0.1, 0.15) is 41.9 Å². The Kier molecular flexibility index (Phi) is 3.99. The van der Waals surface area contributed by atoms with E-state index in [4.69, 9.17) is 0 Å². The molecule has 0 saturated heterocycles. The molecule has 2 aliphatic rings. The first-order valence-electron chi connectivity index (χ1n) is 9.00. The van der Waals surface area contributed by atoms with Crippen LogP contribution in [0.3, 0.4) is 0 Å². The molecule has 2 aromatic rings. The van der Waals surface area contributed by atoms with Gasteiger partial charge in [-0.1, -0.05) is 6.07 Å². The fourth-order valence-electron chi connectivity index (χ4n) is 4.55. The van der Waals surface area contributed by atoms with Gasteiger partial charge in [-0.25, -0.2) is 4.39 Å². The molecule has 1 aromatic carbocycles. The zero-order valence-electron chi connectivity index (χ0n) is 16.1. The highest BCUT2D eigenvalue weighted by atomic mass is 19.4. The average molecular weight is 410 g/mol. The third-order valence-corrected chi connectivity index (χ3v) is 5.50. The van der Waals surface area contributed by atoms with Gasteiger partial charge in [0.25, 0.3) is 0 Å². The second-order valence-corrected chi connectivity index (χ2v) is 7.50. The van der Waals surface area contributed by atoms with Crippen molar-refractivity contribution in [1.82, 2.24) is 4.48 Å². The van der Waals surface area contributed by atoms with E-state index in [2.05, 4.69) is 0 Å². The molecule has 0 unspecified atom stereocenters. The SMILES string of the molecule is CC1=CC(C)=[N+]2C1=C(c1c(F)cccc1C(F)(F)F)c1c(C)cc(C)n1[B-]2(F)F. The quantitative estimate of drug-likeness (QED) is 0.422. The molecule has 4 rings (SSSR count). The predicted octanol–water partition coefficient (Wildman–Crippen LogP) is 5.69. The van der Waals surface area contributed by atoms with Crippen molar-refractivity contribution in [2.45, 2.75) is 33.9 Å². The number of hydrogen-bond acceptors (Lipinski definition) is 0. The number of benzene rings is 1. The van der Waals surface area contributed by atoms with E-state index >= 15 is 8.63 Å². The van der Waals surface area contributed by atoms with E-state index in [1.165, 1.54) is 26.0 Å². The van der Waals surface area contributed by atoms with Crippen LogP contribution in [-0.2, 0) is 6.18 Å². The highest BCUT2D eigenvalue weighted by molar-refractivity contribution is 6.58. The van der Waals surface area contributed by atoms with Gasteiger partial charge in [-0.3, -0.25) is 0 Å². The van der Waals surface area contributed by atoms with Crippen LogP contribution < -0.4 is 0 Å². The minimum Gasteiger partial charge on any atom is -0.393 e. The third-order valence-electron chi connectivity index (χ3n) is 5.50. The number of rotatable bonds is 1. The molecule has 0 N–H and O–H groups in total. The summed E-state index contributed by atoms with van der Waals surface area (Å²) in [6, 6.07) is 4.14. The minimum atomic E-state index is -4.85. The highest BCUT2D eigenvalue weighted by Gasteiger charge is 2.56. The van der Waals surface area contributed by atoms with E-state index in [1.807, 2.05) is 0 Å². The van der Waals surface area contributed by atoms with Crippen LogP contribution in [0.5, 0.6) is 0 Å². The number of nitrogens with zero attached hydrogens (tertiary/aromatic N) is 2. The summed E-state index contributed by atoms with van der Waals surface area (Å²) in [4.78, 5) is 0. The molecule has 3 heterocycles. The molecule has 0 aliphatic carbocycles. The fourth-order valence-corrected chi connectivity index (χ4v) is 4.55. The molecule has 9 heteroatoms. The van der Waals surface area contributed by atoms with E-state index < -0.39 is 30.1 Å². The summed E-state index contributed by atoms with van der Waals surface area (Å²) < 4.78 is 88.7. The fraction of sp³-hybridized carbons (Fsp3) is 0.250. The van der Waals surface area contributed by atoms with Gasteiger partial charge in [0, 0.05) is 29.8 Å². The molecule has 29 heavy (non-hydrogen) atoms. The standard InChI is InChI=1S/C20H17BF6N2/c1-10-8-12(3)28-18(10)17(16-14(20(23,24)25)6-5-7-15(16)22)19-11(2)9-13(4)29(19)21(28,26)27/h5-9H,1-4H3. The summed E-state index contributed by atoms with van der Waals surface area (Å²) >= 11 is 0. The average Bonchev–Trinajstić information content (AvgIpc) is 3.05. The van der Waals surface area contributed by atoms with E-state index in [1.54, 1.807) is 13.8 Å². The molecular formula is C20H17BF6N2. The van der Waals surface area contributed by atoms with Crippen LogP contribution in [0.4, 0.5) is 26.2 Å². The summed E-state index contributed by atoms with van der Waals surface area (Å²) in [6.07, 6.45) is -3.37. The van der Waals surface area contributed by atoms with Gasteiger partial charge in [0.1, 0.15) is 11.5 Å². The Bertz CT molecular complexity index is 1160. The first-order valence-corrected chi connectivity index (χ1v) is 9.00. The Morgan fingerprint density at radius 2 is 1.69 bits per heavy atom. The molecule has 0 spiro atoms. The maximum Gasteiger partial charge on any atom is 0.737 e. The number of fused-ring (bicyclic) bond motifs is 2. The van der Waals surface area contributed by atoms with Crippen LogP contribution in [-0.4, -0.2) is 21.6 Å². The van der Waals surface area contributed by atoms with Gasteiger partial charge in [-0.15, -0.1) is 0 Å². The van der Waals surface area contributed by atoms with Gasteiger partial charge in [0.15, 0.2) is 5.70 Å². The van der Waals surface area contributed by atoms with Crippen molar-refractivity contribution in [2.75, 3.05) is 0 Å². The molecule has 0 radical (unpaired) electrons. The zero-order valence-corrected chi connectivity index (χ0v) is 16.1. The molecule has 0 saturated carbocycles. The van der Waals surface area contributed by atoms with Gasteiger partial charge in [0.2, 0.25) is 0 Å². The first-order chi connectivity index (χ1) is 13.4. The van der Waals surface area contributed by atoms with E-state index in [-0.39, 0.29) is 28.4 Å². The Hall–Kier alpha value is -2.71. The lowest BCUT2D eigenvalue weighted by atomic mass is 9.82. The van der Waals surface area contributed by atoms with E-state index in [0.29, 0.717) is 11.1 Å². The third kappa shape index (κ3) is 2.56. The van der Waals surface area contributed by atoms with Gasteiger partial charge in [-0.2, -0.15) is 13.2 Å². The van der Waals surface area contributed by atoms with Crippen molar-refractivity contribution in [3.8, 4) is 0 Å². The second kappa shape index (κ2) is 5.90. The molecule has 0 amide bonds. The van der Waals surface area contributed by atoms with Crippen molar-refractivity contribution < 1.29 is 30.7 Å². The normalized spacial score (nSPS) is 18.2. The molecule has 0 fully saturated rings. The zero-order chi connectivity index (χ0) is 21.5. The van der Waals surface area contributed by atoms with Crippen molar-refractivity contribution in [2.24, 2.45) is 0 Å². The Balaban J connectivity index is 2.25. The number of hydrogen-bond donors (Lipinski definition) is 0. The van der Waals surface area contributed by atoms with Gasteiger partial charge in [0.05, 0.1) is 11.1 Å². The monoisotopic (exact) mass is 410 g/mol. The number of allylic oxidation sites excluding steroid dienone is 2. The molecular weight excluding hydrogens is 393 g/mol. The number of alkyl halides is 3. The first kappa shape index (κ1) is 19.6. The van der Waals surface area contributed by atoms with Crippen molar-refractivity contribution in [1.29, 1.82) is 0 Å². The molecule has 1 aromatic heterocycles. The number of aryl methyl sites for hydroxylation is 2. The smallest absolute Gasteiger partial charge is 0.393 e. The molecule has 152 valence electrons. The Morgan fingerprint density at radius 1 is 1.03 bits per heavy atom. The van der Waals surface area contributed by atoms with Crippen molar-refractivity contribution in [3.05, 3.63) is 75.5 Å². The summed E-state index contributed by atoms with van der Waals surface area (Å²) in [5.74, 6) is -1.11. The van der Waals surface area contributed by atoms with Gasteiger partial charge >= 0.3 is 13.1 Å². The maximum atomic E-state index is 15.5. The highest BCUT2D eigenvalue weighted by Crippen LogP contribution is 2.47. The predicted molar refractivity (Wildman–Crippen MR) is 99.4 cm³/mol. The van der Waals surface area contributed by atoms with Crippen molar-refractivity contribution in [3.63, 3.8) is 0 Å². The van der Waals surface area contributed by atoms with Crippen LogP contribution in [0.2, 0.25) is 0 Å². The number of halogens is 6. The van der Waals surface area contributed by atoms with Crippen LogP contribution in [0.25, 0.3) is 5.57 Å². The summed E-state index contributed by atoms with van der Waals surface area (Å²) in [5, 5.41) is 0. The van der Waals surface area contributed by atoms with E-state index in [9.17, 15) is 17.6 Å². The molecule has 0 bridgehead atoms. The van der Waals surface area contributed by atoms with E-state index in [0.717, 1.165) is 27.2 Å². The summed E-state index contributed by atoms with van der Waals surface area (Å²) in [5.41, 5.74) is -1.13. The maximum absolute atomic E-state index is 15.5. The lowest BCUT2D eigenvalue weighted by Gasteiger charge is -2.34. The Labute approximate surface area is 163 Å². The van der Waals surface area contributed by atoms with Gasteiger partial charge < -0.3 is 17.6 Å². The second-order valence-electron chi connectivity index (χ2n) is 7.50. The minimum absolute atomic E-state index is 0.0863. The van der Waals surface area contributed by atoms with Crippen molar-refractivity contribution >= 4 is 18.3 Å². The topological polar surface area (TPSA) is 7.94 Å². The largest absolute Gasteiger partial charge is 0.737 e. The summed E-state index contributed by atoms with van der Waals surface area (Å²) in [7, 11) is 0. The number of aromatic nitrogens is 1. The lowest BCUT2D eigenvalue weighted by molar-refractivity contribution is -0.363. The molecule has 2 aliphatic heterocycles. The van der Waals surface area contributed by atoms with Gasteiger partial charge in [-0.05, 0) is 50.2 Å². The van der Waals surface area contributed by atoms with Crippen LogP contribution >= 0.6 is 0 Å².